The lowest BCUT2D eigenvalue weighted by atomic mass is 9.97. The van der Waals surface area contributed by atoms with Crippen LogP contribution < -0.4 is 0 Å². The second kappa shape index (κ2) is 7.12. The maximum atomic E-state index is 13.6. The maximum Gasteiger partial charge on any atom is 0.277 e. The molecule has 124 valence electrons. The van der Waals surface area contributed by atoms with Crippen LogP contribution >= 0.6 is 11.8 Å². The smallest absolute Gasteiger partial charge is 0.277 e. The van der Waals surface area contributed by atoms with Crippen LogP contribution in [-0.2, 0) is 16.8 Å². The first kappa shape index (κ1) is 17.5. The number of hydrogen-bond acceptors (Lipinski definition) is 5. The summed E-state index contributed by atoms with van der Waals surface area (Å²) in [4.78, 5) is 13.6. The van der Waals surface area contributed by atoms with Gasteiger partial charge in [-0.05, 0) is 6.07 Å². The van der Waals surface area contributed by atoms with Gasteiger partial charge in [-0.1, -0.05) is 50.7 Å². The van der Waals surface area contributed by atoms with E-state index in [1.807, 2.05) is 20.8 Å². The van der Waals surface area contributed by atoms with Gasteiger partial charge in [-0.3, -0.25) is 4.79 Å². The van der Waals surface area contributed by atoms with Crippen molar-refractivity contribution in [3.05, 3.63) is 41.5 Å². The fourth-order valence-corrected chi connectivity index (χ4v) is 2.48. The molecule has 5 nitrogen and oxygen atoms in total. The second-order valence-corrected chi connectivity index (χ2v) is 7.18. The van der Waals surface area contributed by atoms with E-state index in [-0.39, 0.29) is 29.4 Å². The average molecular weight is 337 g/mol. The monoisotopic (exact) mass is 337 g/mol. The zero-order valence-corrected chi connectivity index (χ0v) is 14.5. The number of carbonyl (C=O) groups is 1. The Morgan fingerprint density at radius 3 is 2.61 bits per heavy atom. The van der Waals surface area contributed by atoms with Crippen LogP contribution in [0.4, 0.5) is 4.39 Å². The molecule has 0 aliphatic heterocycles. The Balaban J connectivity index is 1.89. The lowest BCUT2D eigenvalue weighted by Gasteiger charge is -2.17. The quantitative estimate of drug-likeness (QED) is 0.784. The molecule has 23 heavy (non-hydrogen) atoms. The second-order valence-electron chi connectivity index (χ2n) is 6.25. The van der Waals surface area contributed by atoms with Crippen LogP contribution in [0.15, 0.2) is 33.9 Å². The normalized spacial score (nSPS) is 11.5. The van der Waals surface area contributed by atoms with Crippen LogP contribution in [0.2, 0.25) is 0 Å². The molecule has 0 radical (unpaired) electrons. The van der Waals surface area contributed by atoms with Gasteiger partial charge in [0.15, 0.2) is 0 Å². The van der Waals surface area contributed by atoms with Gasteiger partial charge in [0.05, 0.1) is 5.75 Å². The number of nitrogens with zero attached hydrogens (tertiary/aromatic N) is 3. The Morgan fingerprint density at radius 1 is 1.30 bits per heavy atom. The Labute approximate surface area is 139 Å². The summed E-state index contributed by atoms with van der Waals surface area (Å²) in [7, 11) is 1.64. The Kier molecular flexibility index (Phi) is 5.41. The van der Waals surface area contributed by atoms with Gasteiger partial charge in [-0.15, -0.1) is 10.2 Å². The average Bonchev–Trinajstić information content (AvgIpc) is 2.96. The molecule has 0 spiro atoms. The highest BCUT2D eigenvalue weighted by Gasteiger charge is 2.22. The molecular formula is C16H20FN3O2S. The molecule has 7 heteroatoms. The van der Waals surface area contributed by atoms with Crippen molar-refractivity contribution in [3.8, 4) is 0 Å². The van der Waals surface area contributed by atoms with E-state index in [9.17, 15) is 9.18 Å². The number of amides is 1. The molecule has 1 heterocycles. The van der Waals surface area contributed by atoms with E-state index >= 15 is 0 Å². The van der Waals surface area contributed by atoms with Crippen LogP contribution in [0.1, 0.15) is 32.2 Å². The van der Waals surface area contributed by atoms with Gasteiger partial charge >= 0.3 is 0 Å². The first-order chi connectivity index (χ1) is 10.8. The molecule has 0 aliphatic rings. The fourth-order valence-electron chi connectivity index (χ4n) is 1.78. The lowest BCUT2D eigenvalue weighted by Crippen LogP contribution is -2.28. The van der Waals surface area contributed by atoms with Crippen molar-refractivity contribution in [2.24, 2.45) is 0 Å². The van der Waals surface area contributed by atoms with Gasteiger partial charge in [0, 0.05) is 24.6 Å². The summed E-state index contributed by atoms with van der Waals surface area (Å²) in [5.41, 5.74) is 0.262. The summed E-state index contributed by atoms with van der Waals surface area (Å²) in [6.07, 6.45) is 0. The van der Waals surface area contributed by atoms with E-state index in [2.05, 4.69) is 10.2 Å². The van der Waals surface area contributed by atoms with E-state index < -0.39 is 0 Å². The molecule has 0 fully saturated rings. The Hall–Kier alpha value is -1.89. The molecule has 0 bridgehead atoms. The zero-order valence-electron chi connectivity index (χ0n) is 13.7. The van der Waals surface area contributed by atoms with Crippen molar-refractivity contribution in [3.63, 3.8) is 0 Å². The van der Waals surface area contributed by atoms with Crippen molar-refractivity contribution >= 4 is 17.7 Å². The molecule has 1 amide bonds. The minimum absolute atomic E-state index is 0.131. The highest BCUT2D eigenvalue weighted by molar-refractivity contribution is 7.99. The summed E-state index contributed by atoms with van der Waals surface area (Å²) in [5.74, 6) is 0.254. The molecule has 2 aromatic rings. The predicted molar refractivity (Wildman–Crippen MR) is 86.6 cm³/mol. The summed E-state index contributed by atoms with van der Waals surface area (Å²) in [6, 6.07) is 6.42. The fraction of sp³-hybridized carbons (Fsp3) is 0.438. The Bertz CT molecular complexity index is 682. The van der Waals surface area contributed by atoms with Crippen LogP contribution in [0.3, 0.4) is 0 Å². The molecule has 2 rings (SSSR count). The van der Waals surface area contributed by atoms with Crippen molar-refractivity contribution in [1.29, 1.82) is 0 Å². The third kappa shape index (κ3) is 4.79. The summed E-state index contributed by atoms with van der Waals surface area (Å²) >= 11 is 1.18. The van der Waals surface area contributed by atoms with Crippen LogP contribution in [0.25, 0.3) is 0 Å². The summed E-state index contributed by atoms with van der Waals surface area (Å²) < 4.78 is 19.1. The molecule has 0 N–H and O–H groups in total. The minimum Gasteiger partial charge on any atom is -0.415 e. The highest BCUT2D eigenvalue weighted by Crippen LogP contribution is 2.24. The standard InChI is InChI=1S/C16H20FN3O2S/c1-16(2,3)14-18-19-15(22-14)23-10-13(21)20(4)9-11-7-5-6-8-12(11)17/h5-8H,9-10H2,1-4H3. The molecule has 0 saturated heterocycles. The molecule has 1 aromatic carbocycles. The predicted octanol–water partition coefficient (Wildman–Crippen LogP) is 3.26. The van der Waals surface area contributed by atoms with Gasteiger partial charge < -0.3 is 9.32 Å². The van der Waals surface area contributed by atoms with E-state index in [0.29, 0.717) is 16.7 Å². The van der Waals surface area contributed by atoms with E-state index in [1.54, 1.807) is 25.2 Å². The summed E-state index contributed by atoms with van der Waals surface area (Å²) in [6.45, 7) is 6.15. The van der Waals surface area contributed by atoms with Gasteiger partial charge in [0.2, 0.25) is 11.8 Å². The van der Waals surface area contributed by atoms with Crippen molar-refractivity contribution in [2.45, 2.75) is 38.0 Å². The largest absolute Gasteiger partial charge is 0.415 e. The highest BCUT2D eigenvalue weighted by atomic mass is 32.2. The molecule has 1 aromatic heterocycles. The number of aromatic nitrogens is 2. The molecular weight excluding hydrogens is 317 g/mol. The van der Waals surface area contributed by atoms with Crippen LogP contribution in [0.5, 0.6) is 0 Å². The molecule has 0 aliphatic carbocycles. The zero-order chi connectivity index (χ0) is 17.0. The molecule has 0 atom stereocenters. The van der Waals surface area contributed by atoms with Crippen LogP contribution in [0, 0.1) is 5.82 Å². The Morgan fingerprint density at radius 2 is 2.00 bits per heavy atom. The van der Waals surface area contributed by atoms with Crippen molar-refractivity contribution in [1.82, 2.24) is 15.1 Å². The maximum absolute atomic E-state index is 13.6. The number of benzene rings is 1. The minimum atomic E-state index is -0.313. The van der Waals surface area contributed by atoms with E-state index in [1.165, 1.54) is 22.7 Å². The number of halogens is 1. The van der Waals surface area contributed by atoms with E-state index in [0.717, 1.165) is 0 Å². The van der Waals surface area contributed by atoms with Crippen LogP contribution in [-0.4, -0.2) is 33.8 Å². The number of hydrogen-bond donors (Lipinski definition) is 0. The number of rotatable bonds is 5. The third-order valence-electron chi connectivity index (χ3n) is 3.16. The first-order valence-electron chi connectivity index (χ1n) is 7.21. The third-order valence-corrected chi connectivity index (χ3v) is 3.96. The SMILES string of the molecule is CN(Cc1ccccc1F)C(=O)CSc1nnc(C(C)(C)C)o1. The van der Waals surface area contributed by atoms with Gasteiger partial charge in [0.1, 0.15) is 5.82 Å². The van der Waals surface area contributed by atoms with Gasteiger partial charge in [0.25, 0.3) is 5.22 Å². The first-order valence-corrected chi connectivity index (χ1v) is 8.20. The lowest BCUT2D eigenvalue weighted by molar-refractivity contribution is -0.127. The molecule has 0 saturated carbocycles. The summed E-state index contributed by atoms with van der Waals surface area (Å²) in [5, 5.41) is 8.27. The number of thioether (sulfide) groups is 1. The van der Waals surface area contributed by atoms with Gasteiger partial charge in [-0.25, -0.2) is 4.39 Å². The van der Waals surface area contributed by atoms with Gasteiger partial charge in [-0.2, -0.15) is 0 Å². The van der Waals surface area contributed by atoms with Crippen molar-refractivity contribution < 1.29 is 13.6 Å². The topological polar surface area (TPSA) is 59.2 Å². The number of carbonyl (C=O) groups excluding carboxylic acids is 1. The van der Waals surface area contributed by atoms with E-state index in [4.69, 9.17) is 4.42 Å². The molecule has 0 unspecified atom stereocenters. The van der Waals surface area contributed by atoms with Crippen molar-refractivity contribution in [2.75, 3.05) is 12.8 Å².